The van der Waals surface area contributed by atoms with Crippen molar-refractivity contribution in [3.63, 3.8) is 0 Å². The van der Waals surface area contributed by atoms with E-state index >= 15 is 0 Å². The van der Waals surface area contributed by atoms with Gasteiger partial charge in [0.2, 0.25) is 0 Å². The summed E-state index contributed by atoms with van der Waals surface area (Å²) < 4.78 is 0. The molecular weight excluding hydrogens is 360 g/mol. The Hall–Kier alpha value is -1.82. The fraction of sp³-hybridized carbons (Fsp3) is 0.533. The second kappa shape index (κ2) is 6.84. The van der Waals surface area contributed by atoms with Crippen molar-refractivity contribution in [1.29, 1.82) is 0 Å². The second-order valence-electron chi connectivity index (χ2n) is 13.3. The van der Waals surface area contributed by atoms with Crippen molar-refractivity contribution < 1.29 is 0 Å². The van der Waals surface area contributed by atoms with Crippen LogP contribution >= 0.6 is 0 Å². The fourth-order valence-electron chi connectivity index (χ4n) is 4.78. The van der Waals surface area contributed by atoms with Crippen molar-refractivity contribution in [1.82, 2.24) is 0 Å². The molecule has 0 aliphatic rings. The van der Waals surface area contributed by atoms with E-state index in [1.165, 1.54) is 43.8 Å². The highest BCUT2D eigenvalue weighted by Crippen LogP contribution is 2.45. The van der Waals surface area contributed by atoms with E-state index in [-0.39, 0.29) is 21.7 Å². The molecule has 0 fully saturated rings. The maximum atomic E-state index is 2.47. The Labute approximate surface area is 185 Å². The smallest absolute Gasteiger partial charge is 0.0120 e. The van der Waals surface area contributed by atoms with E-state index in [2.05, 4.69) is 119 Å². The molecule has 0 unspecified atom stereocenters. The van der Waals surface area contributed by atoms with E-state index in [1.807, 2.05) is 0 Å². The van der Waals surface area contributed by atoms with Crippen LogP contribution in [-0.4, -0.2) is 0 Å². The summed E-state index contributed by atoms with van der Waals surface area (Å²) >= 11 is 0. The van der Waals surface area contributed by atoms with E-state index in [9.17, 15) is 0 Å². The maximum Gasteiger partial charge on any atom is -0.0120 e. The molecular formula is C30H42. The van der Waals surface area contributed by atoms with Gasteiger partial charge in [0.1, 0.15) is 0 Å². The van der Waals surface area contributed by atoms with Gasteiger partial charge in [0, 0.05) is 0 Å². The maximum absolute atomic E-state index is 2.47. The minimum atomic E-state index is 0.0622. The molecule has 0 aromatic heterocycles. The highest BCUT2D eigenvalue weighted by molar-refractivity contribution is 6.07. The summed E-state index contributed by atoms with van der Waals surface area (Å²) in [6.07, 6.45) is 0. The summed E-state index contributed by atoms with van der Waals surface area (Å²) in [5.74, 6) is 0. The summed E-state index contributed by atoms with van der Waals surface area (Å²) in [6.45, 7) is 28.0. The van der Waals surface area contributed by atoms with Gasteiger partial charge in [-0.2, -0.15) is 0 Å². The molecule has 0 aliphatic carbocycles. The van der Waals surface area contributed by atoms with Gasteiger partial charge >= 0.3 is 0 Å². The summed E-state index contributed by atoms with van der Waals surface area (Å²) in [6, 6.07) is 14.4. The molecule has 162 valence electrons. The molecule has 3 aromatic rings. The molecule has 0 heterocycles. The lowest BCUT2D eigenvalue weighted by atomic mass is 9.72. The Kier molecular flexibility index (Phi) is 5.21. The van der Waals surface area contributed by atoms with Crippen LogP contribution in [0.25, 0.3) is 21.5 Å². The van der Waals surface area contributed by atoms with Gasteiger partial charge in [0.15, 0.2) is 0 Å². The Morgan fingerprint density at radius 2 is 0.667 bits per heavy atom. The van der Waals surface area contributed by atoms with E-state index in [0.717, 1.165) is 0 Å². The Morgan fingerprint density at radius 3 is 0.900 bits per heavy atom. The first-order chi connectivity index (χ1) is 13.4. The molecule has 0 saturated carbocycles. The normalized spacial score (nSPS) is 14.0. The zero-order valence-electron chi connectivity index (χ0n) is 21.5. The quantitative estimate of drug-likeness (QED) is 0.329. The summed E-state index contributed by atoms with van der Waals surface area (Å²) in [7, 11) is 0. The van der Waals surface area contributed by atoms with Crippen LogP contribution in [-0.2, 0) is 21.7 Å². The average molecular weight is 403 g/mol. The molecule has 0 atom stereocenters. The van der Waals surface area contributed by atoms with E-state index in [0.29, 0.717) is 0 Å². The molecule has 0 bridgehead atoms. The minimum absolute atomic E-state index is 0.0622. The van der Waals surface area contributed by atoms with Gasteiger partial charge in [-0.05, 0) is 65.5 Å². The van der Waals surface area contributed by atoms with E-state index in [4.69, 9.17) is 0 Å². The van der Waals surface area contributed by atoms with Gasteiger partial charge in [0.25, 0.3) is 0 Å². The van der Waals surface area contributed by atoms with Gasteiger partial charge in [-0.15, -0.1) is 0 Å². The highest BCUT2D eigenvalue weighted by atomic mass is 14.3. The number of hydrogen-bond acceptors (Lipinski definition) is 0. The summed E-state index contributed by atoms with van der Waals surface area (Å²) in [5, 5.41) is 5.68. The predicted octanol–water partition coefficient (Wildman–Crippen LogP) is 9.18. The van der Waals surface area contributed by atoms with E-state index in [1.54, 1.807) is 0 Å². The molecule has 0 saturated heterocycles. The first-order valence-corrected chi connectivity index (χ1v) is 11.5. The van der Waals surface area contributed by atoms with Crippen molar-refractivity contribution in [3.8, 4) is 0 Å². The summed E-state index contributed by atoms with van der Waals surface area (Å²) in [5.41, 5.74) is 6.17. The number of benzene rings is 3. The number of hydrogen-bond donors (Lipinski definition) is 0. The highest BCUT2D eigenvalue weighted by Gasteiger charge is 2.29. The lowest BCUT2D eigenvalue weighted by Crippen LogP contribution is -2.19. The van der Waals surface area contributed by atoms with Crippen LogP contribution in [0.4, 0.5) is 0 Å². The first kappa shape index (κ1) is 22.9. The SMILES string of the molecule is CC(C)(C)c1ccc2c(C(C)(C)C)c3cc(C(C)(C)C)ccc3c(C(C)(C)C)c2c1. The topological polar surface area (TPSA) is 0 Å². The zero-order chi connectivity index (χ0) is 22.9. The minimum Gasteiger partial charge on any atom is -0.0579 e. The molecule has 0 amide bonds. The van der Waals surface area contributed by atoms with Crippen LogP contribution < -0.4 is 0 Å². The Morgan fingerprint density at radius 1 is 0.367 bits per heavy atom. The standard InChI is InChI=1S/C30H42/c1-27(2,3)19-13-15-21-23(17-19)25(29(7,8)9)22-16-14-20(28(4,5)6)18-24(22)26(21)30(10,11)12/h13-18H,1-12H3. The monoisotopic (exact) mass is 402 g/mol. The molecule has 30 heavy (non-hydrogen) atoms. The predicted molar refractivity (Wildman–Crippen MR) is 136 cm³/mol. The van der Waals surface area contributed by atoms with E-state index < -0.39 is 0 Å². The third-order valence-corrected chi connectivity index (χ3v) is 6.35. The van der Waals surface area contributed by atoms with Crippen LogP contribution in [0.1, 0.15) is 105 Å². The molecule has 0 N–H and O–H groups in total. The lowest BCUT2D eigenvalue weighted by Gasteiger charge is -2.32. The first-order valence-electron chi connectivity index (χ1n) is 11.5. The largest absolute Gasteiger partial charge is 0.0579 e. The Balaban J connectivity index is 2.65. The van der Waals surface area contributed by atoms with Crippen LogP contribution in [0.3, 0.4) is 0 Å². The van der Waals surface area contributed by atoms with Gasteiger partial charge in [-0.3, -0.25) is 0 Å². The fourth-order valence-corrected chi connectivity index (χ4v) is 4.78. The van der Waals surface area contributed by atoms with Crippen molar-refractivity contribution in [3.05, 3.63) is 58.7 Å². The van der Waals surface area contributed by atoms with Crippen LogP contribution in [0.2, 0.25) is 0 Å². The zero-order valence-corrected chi connectivity index (χ0v) is 21.5. The number of rotatable bonds is 0. The molecule has 0 spiro atoms. The molecule has 3 aromatic carbocycles. The Bertz CT molecular complexity index is 1010. The second-order valence-corrected chi connectivity index (χ2v) is 13.3. The molecule has 0 aliphatic heterocycles. The lowest BCUT2D eigenvalue weighted by molar-refractivity contribution is 0.584. The molecule has 0 heteroatoms. The van der Waals surface area contributed by atoms with Gasteiger partial charge in [0.05, 0.1) is 0 Å². The summed E-state index contributed by atoms with van der Waals surface area (Å²) in [4.78, 5) is 0. The van der Waals surface area contributed by atoms with Crippen LogP contribution in [0, 0.1) is 0 Å². The molecule has 0 nitrogen and oxygen atoms in total. The third-order valence-electron chi connectivity index (χ3n) is 6.35. The molecule has 0 radical (unpaired) electrons. The van der Waals surface area contributed by atoms with Crippen molar-refractivity contribution in [2.75, 3.05) is 0 Å². The van der Waals surface area contributed by atoms with Crippen molar-refractivity contribution >= 4 is 21.5 Å². The van der Waals surface area contributed by atoms with Crippen molar-refractivity contribution in [2.24, 2.45) is 0 Å². The molecule has 3 rings (SSSR count). The number of fused-ring (bicyclic) bond motifs is 2. The third kappa shape index (κ3) is 4.03. The van der Waals surface area contributed by atoms with Gasteiger partial charge < -0.3 is 0 Å². The van der Waals surface area contributed by atoms with Crippen molar-refractivity contribution in [2.45, 2.75) is 105 Å². The van der Waals surface area contributed by atoms with Gasteiger partial charge in [-0.1, -0.05) is 119 Å². The van der Waals surface area contributed by atoms with Gasteiger partial charge in [-0.25, -0.2) is 0 Å². The average Bonchev–Trinajstić information content (AvgIpc) is 2.54. The van der Waals surface area contributed by atoms with Crippen LogP contribution in [0.15, 0.2) is 36.4 Å². The van der Waals surface area contributed by atoms with Crippen LogP contribution in [0.5, 0.6) is 0 Å².